The van der Waals surface area contributed by atoms with Crippen molar-refractivity contribution in [3.8, 4) is 0 Å². The van der Waals surface area contributed by atoms with Crippen LogP contribution in [0.3, 0.4) is 0 Å². The molecule has 0 radical (unpaired) electrons. The number of aryl methyl sites for hydroxylation is 1. The number of primary amides is 2. The van der Waals surface area contributed by atoms with Crippen molar-refractivity contribution in [2.45, 2.75) is 39.7 Å². The second kappa shape index (κ2) is 14.9. The number of para-hydroxylation sites is 1. The molecule has 29 heavy (non-hydrogen) atoms. The first-order chi connectivity index (χ1) is 13.8. The molecule has 0 saturated carbocycles. The minimum Gasteiger partial charge on any atom is -0.368 e. The number of rotatable bonds is 8. The first-order valence-corrected chi connectivity index (χ1v) is 9.64. The monoisotopic (exact) mass is 406 g/mol. The fraction of sp³-hybridized carbons (Fsp3) is 0.450. The highest BCUT2D eigenvalue weighted by Gasteiger charge is 2.16. The van der Waals surface area contributed by atoms with Gasteiger partial charge < -0.3 is 32.4 Å². The van der Waals surface area contributed by atoms with Gasteiger partial charge in [0.1, 0.15) is 6.04 Å². The van der Waals surface area contributed by atoms with Gasteiger partial charge in [0.15, 0.2) is 0 Å². The maximum atomic E-state index is 11.2. The van der Waals surface area contributed by atoms with Gasteiger partial charge in [-0.05, 0) is 38.4 Å². The Hall–Kier alpha value is -3.07. The number of likely N-dealkylation sites (N-methyl/N-ethyl adjacent to an activating group) is 1. The van der Waals surface area contributed by atoms with Crippen LogP contribution >= 0.6 is 0 Å². The summed E-state index contributed by atoms with van der Waals surface area (Å²) in [5.74, 6) is -0.910. The van der Waals surface area contributed by atoms with Gasteiger partial charge in [-0.15, -0.1) is 0 Å². The molecular formula is C20H34N6O3. The molecule has 4 amide bonds. The molecular weight excluding hydrogens is 372 g/mol. The van der Waals surface area contributed by atoms with Gasteiger partial charge in [-0.3, -0.25) is 9.59 Å². The molecule has 1 aromatic carbocycles. The number of hydrogen-bond acceptors (Lipinski definition) is 4. The van der Waals surface area contributed by atoms with Crippen LogP contribution in [0.25, 0.3) is 10.9 Å². The number of carbonyl (C=O) groups is 3. The minimum absolute atomic E-state index is 0.114. The summed E-state index contributed by atoms with van der Waals surface area (Å²) >= 11 is 0. The smallest absolute Gasteiger partial charge is 0.312 e. The lowest BCUT2D eigenvalue weighted by molar-refractivity contribution is -0.127. The second-order valence-corrected chi connectivity index (χ2v) is 6.00. The van der Waals surface area contributed by atoms with Crippen LogP contribution in [0, 0.1) is 6.92 Å². The molecule has 1 aromatic heterocycles. The largest absolute Gasteiger partial charge is 0.368 e. The summed E-state index contributed by atoms with van der Waals surface area (Å²) in [6.45, 7) is 6.56. The van der Waals surface area contributed by atoms with Crippen molar-refractivity contribution in [1.29, 1.82) is 0 Å². The Morgan fingerprint density at radius 3 is 2.34 bits per heavy atom. The van der Waals surface area contributed by atoms with E-state index in [0.717, 1.165) is 0 Å². The van der Waals surface area contributed by atoms with Gasteiger partial charge in [0.05, 0.1) is 6.54 Å². The zero-order chi connectivity index (χ0) is 22.2. The number of fused-ring (bicyclic) bond motifs is 1. The second-order valence-electron chi connectivity index (χ2n) is 6.00. The summed E-state index contributed by atoms with van der Waals surface area (Å²) in [4.78, 5) is 35.8. The summed E-state index contributed by atoms with van der Waals surface area (Å²) in [5.41, 5.74) is 12.5. The van der Waals surface area contributed by atoms with Gasteiger partial charge in [0, 0.05) is 23.6 Å². The third-order valence-corrected chi connectivity index (χ3v) is 3.78. The number of hydrogen-bond donors (Lipinski definition) is 6. The molecule has 0 aliphatic carbocycles. The SMILES string of the molecule is CC.CNCC(=O)NC(CCCNC(N)=O)C(N)=O.Cc1c[nH]c2ccccc12. The molecule has 2 rings (SSSR count). The molecule has 8 N–H and O–H groups in total. The Kier molecular flexibility index (Phi) is 13.3. The lowest BCUT2D eigenvalue weighted by atomic mass is 10.1. The summed E-state index contributed by atoms with van der Waals surface area (Å²) in [6, 6.07) is 6.95. The van der Waals surface area contributed by atoms with E-state index in [-0.39, 0.29) is 12.5 Å². The van der Waals surface area contributed by atoms with Crippen molar-refractivity contribution >= 4 is 28.7 Å². The van der Waals surface area contributed by atoms with E-state index in [9.17, 15) is 14.4 Å². The summed E-state index contributed by atoms with van der Waals surface area (Å²) in [5, 5.41) is 8.84. The van der Waals surface area contributed by atoms with E-state index in [1.54, 1.807) is 7.05 Å². The van der Waals surface area contributed by atoms with Crippen LogP contribution in [-0.4, -0.2) is 49.0 Å². The van der Waals surface area contributed by atoms with Crippen LogP contribution in [0.4, 0.5) is 4.79 Å². The number of benzene rings is 1. The van der Waals surface area contributed by atoms with Gasteiger partial charge in [-0.1, -0.05) is 32.0 Å². The number of nitrogens with two attached hydrogens (primary N) is 2. The highest BCUT2D eigenvalue weighted by Crippen LogP contribution is 2.15. The van der Waals surface area contributed by atoms with Gasteiger partial charge in [0.2, 0.25) is 11.8 Å². The molecule has 1 heterocycles. The van der Waals surface area contributed by atoms with Crippen molar-refractivity contribution in [3.63, 3.8) is 0 Å². The molecule has 0 saturated heterocycles. The van der Waals surface area contributed by atoms with Gasteiger partial charge in [-0.25, -0.2) is 4.79 Å². The third kappa shape index (κ3) is 10.7. The normalized spacial score (nSPS) is 10.6. The van der Waals surface area contributed by atoms with Gasteiger partial charge >= 0.3 is 6.03 Å². The first-order valence-electron chi connectivity index (χ1n) is 9.64. The molecule has 0 fully saturated rings. The zero-order valence-corrected chi connectivity index (χ0v) is 17.7. The van der Waals surface area contributed by atoms with Crippen LogP contribution in [0.2, 0.25) is 0 Å². The number of H-pyrrole nitrogens is 1. The average molecular weight is 407 g/mol. The Morgan fingerprint density at radius 2 is 1.79 bits per heavy atom. The molecule has 0 spiro atoms. The molecule has 1 unspecified atom stereocenters. The Labute approximate surface area is 172 Å². The number of carbonyl (C=O) groups excluding carboxylic acids is 3. The predicted octanol–water partition coefficient (Wildman–Crippen LogP) is 1.13. The predicted molar refractivity (Wildman–Crippen MR) is 116 cm³/mol. The standard InChI is InChI=1S/C9H19N5O3.C9H9N.C2H6/c1-12-5-7(15)14-6(8(10)16)3-2-4-13-9(11)17;1-7-6-10-9-5-3-2-4-8(7)9;1-2/h6,12H,2-5H2,1H3,(H2,10,16)(H,14,15)(H3,11,13,17);2-6,10H,1H3;1-2H3. The van der Waals surface area contributed by atoms with E-state index in [2.05, 4.69) is 46.1 Å². The number of aromatic amines is 1. The van der Waals surface area contributed by atoms with Crippen molar-refractivity contribution in [2.24, 2.45) is 11.5 Å². The molecule has 0 bridgehead atoms. The van der Waals surface area contributed by atoms with Crippen molar-refractivity contribution in [1.82, 2.24) is 20.9 Å². The maximum absolute atomic E-state index is 11.2. The average Bonchev–Trinajstić information content (AvgIpc) is 3.07. The number of urea groups is 1. The van der Waals surface area contributed by atoms with E-state index in [1.807, 2.05) is 26.1 Å². The molecule has 162 valence electrons. The Morgan fingerprint density at radius 1 is 1.14 bits per heavy atom. The van der Waals surface area contributed by atoms with Crippen LogP contribution in [0.1, 0.15) is 32.3 Å². The summed E-state index contributed by atoms with van der Waals surface area (Å²) in [7, 11) is 1.62. The maximum Gasteiger partial charge on any atom is 0.312 e. The summed E-state index contributed by atoms with van der Waals surface area (Å²) < 4.78 is 0. The molecule has 0 aliphatic rings. The number of aromatic nitrogens is 1. The fourth-order valence-corrected chi connectivity index (χ4v) is 2.43. The van der Waals surface area contributed by atoms with Crippen LogP contribution in [0.5, 0.6) is 0 Å². The highest BCUT2D eigenvalue weighted by molar-refractivity contribution is 5.87. The lowest BCUT2D eigenvalue weighted by Gasteiger charge is -2.15. The van der Waals surface area contributed by atoms with E-state index in [4.69, 9.17) is 11.5 Å². The summed E-state index contributed by atoms with van der Waals surface area (Å²) in [6.07, 6.45) is 2.88. The van der Waals surface area contributed by atoms with Crippen molar-refractivity contribution in [3.05, 3.63) is 36.0 Å². The van der Waals surface area contributed by atoms with Crippen LogP contribution in [0.15, 0.2) is 30.5 Å². The minimum atomic E-state index is -0.731. The van der Waals surface area contributed by atoms with Crippen LogP contribution < -0.4 is 27.4 Å². The van der Waals surface area contributed by atoms with E-state index in [0.29, 0.717) is 19.4 Å². The number of amides is 4. The van der Waals surface area contributed by atoms with E-state index in [1.165, 1.54) is 16.5 Å². The fourth-order valence-electron chi connectivity index (χ4n) is 2.43. The van der Waals surface area contributed by atoms with Crippen molar-refractivity contribution < 1.29 is 14.4 Å². The zero-order valence-electron chi connectivity index (χ0n) is 17.7. The molecule has 2 aromatic rings. The Balaban J connectivity index is 0.000000546. The van der Waals surface area contributed by atoms with E-state index >= 15 is 0 Å². The van der Waals surface area contributed by atoms with E-state index < -0.39 is 18.0 Å². The first kappa shape index (κ1) is 25.9. The third-order valence-electron chi connectivity index (χ3n) is 3.78. The van der Waals surface area contributed by atoms with Gasteiger partial charge in [0.25, 0.3) is 0 Å². The molecule has 0 aliphatic heterocycles. The molecule has 9 nitrogen and oxygen atoms in total. The van der Waals surface area contributed by atoms with Gasteiger partial charge in [-0.2, -0.15) is 0 Å². The number of nitrogens with one attached hydrogen (secondary N) is 4. The molecule has 1 atom stereocenters. The quantitative estimate of drug-likeness (QED) is 0.363. The van der Waals surface area contributed by atoms with Crippen LogP contribution in [-0.2, 0) is 9.59 Å². The Bertz CT molecular complexity index is 760. The van der Waals surface area contributed by atoms with Crippen molar-refractivity contribution in [2.75, 3.05) is 20.1 Å². The lowest BCUT2D eigenvalue weighted by Crippen LogP contribution is -2.47. The molecule has 9 heteroatoms. The topological polar surface area (TPSA) is 155 Å². The highest BCUT2D eigenvalue weighted by atomic mass is 16.2.